The molecule has 1 amide bonds. The van der Waals surface area contributed by atoms with Crippen LogP contribution >= 0.6 is 11.3 Å². The van der Waals surface area contributed by atoms with Crippen molar-refractivity contribution >= 4 is 17.2 Å². The van der Waals surface area contributed by atoms with Crippen molar-refractivity contribution in [3.05, 3.63) is 22.4 Å². The van der Waals surface area contributed by atoms with E-state index in [0.29, 0.717) is 0 Å². The van der Waals surface area contributed by atoms with E-state index in [1.54, 1.807) is 11.3 Å². The summed E-state index contributed by atoms with van der Waals surface area (Å²) in [6.45, 7) is 6.06. The van der Waals surface area contributed by atoms with Gasteiger partial charge < -0.3 is 5.32 Å². The summed E-state index contributed by atoms with van der Waals surface area (Å²) >= 11 is 1.74. The third-order valence-corrected chi connectivity index (χ3v) is 3.43. The molecule has 0 saturated carbocycles. The van der Waals surface area contributed by atoms with Crippen molar-refractivity contribution in [3.8, 4) is 0 Å². The smallest absolute Gasteiger partial charge is 0.223 e. The molecule has 0 radical (unpaired) electrons. The lowest BCUT2D eigenvalue weighted by Gasteiger charge is -2.15. The van der Waals surface area contributed by atoms with Gasteiger partial charge >= 0.3 is 0 Å². The number of amides is 1. The molecule has 3 heteroatoms. The Morgan fingerprint density at radius 2 is 2.27 bits per heavy atom. The SMILES string of the molecule is CC[C@@H](C)C(=O)N[C@H](C)Cc1cccs1. The van der Waals surface area contributed by atoms with Crippen molar-refractivity contribution in [3.63, 3.8) is 0 Å². The summed E-state index contributed by atoms with van der Waals surface area (Å²) < 4.78 is 0. The van der Waals surface area contributed by atoms with Crippen LogP contribution in [0.4, 0.5) is 0 Å². The molecule has 0 saturated heterocycles. The molecule has 1 aromatic rings. The van der Waals surface area contributed by atoms with Gasteiger partial charge in [-0.2, -0.15) is 0 Å². The Balaban J connectivity index is 2.36. The predicted molar refractivity (Wildman–Crippen MR) is 65.1 cm³/mol. The molecule has 15 heavy (non-hydrogen) atoms. The second kappa shape index (κ2) is 5.91. The van der Waals surface area contributed by atoms with E-state index in [2.05, 4.69) is 23.7 Å². The van der Waals surface area contributed by atoms with Crippen molar-refractivity contribution in [1.82, 2.24) is 5.32 Å². The Hall–Kier alpha value is -0.830. The Bertz CT molecular complexity index is 295. The highest BCUT2D eigenvalue weighted by molar-refractivity contribution is 7.09. The Morgan fingerprint density at radius 3 is 2.80 bits per heavy atom. The molecule has 1 aromatic heterocycles. The molecule has 1 N–H and O–H groups in total. The highest BCUT2D eigenvalue weighted by atomic mass is 32.1. The summed E-state index contributed by atoms with van der Waals surface area (Å²) in [5.41, 5.74) is 0. The third kappa shape index (κ3) is 4.04. The Kier molecular flexibility index (Phi) is 4.82. The largest absolute Gasteiger partial charge is 0.353 e. The van der Waals surface area contributed by atoms with Crippen LogP contribution in [0.2, 0.25) is 0 Å². The lowest BCUT2D eigenvalue weighted by atomic mass is 10.1. The van der Waals surface area contributed by atoms with Gasteiger partial charge in [0.1, 0.15) is 0 Å². The second-order valence-corrected chi connectivity index (χ2v) is 5.03. The van der Waals surface area contributed by atoms with E-state index < -0.39 is 0 Å². The fourth-order valence-corrected chi connectivity index (χ4v) is 2.19. The molecule has 2 nitrogen and oxygen atoms in total. The normalized spacial score (nSPS) is 14.6. The van der Waals surface area contributed by atoms with Crippen LogP contribution in [0.3, 0.4) is 0 Å². The fourth-order valence-electron chi connectivity index (χ4n) is 1.35. The van der Waals surface area contributed by atoms with E-state index in [1.807, 2.05) is 19.9 Å². The first-order valence-electron chi connectivity index (χ1n) is 5.46. The average molecular weight is 225 g/mol. The predicted octanol–water partition coefficient (Wildman–Crippen LogP) is 2.84. The number of rotatable bonds is 5. The minimum Gasteiger partial charge on any atom is -0.353 e. The average Bonchev–Trinajstić information content (AvgIpc) is 2.68. The summed E-state index contributed by atoms with van der Waals surface area (Å²) in [5, 5.41) is 5.10. The summed E-state index contributed by atoms with van der Waals surface area (Å²) in [6.07, 6.45) is 1.83. The maximum atomic E-state index is 11.6. The number of hydrogen-bond acceptors (Lipinski definition) is 2. The number of thiophene rings is 1. The zero-order valence-electron chi connectivity index (χ0n) is 9.62. The topological polar surface area (TPSA) is 29.1 Å². The maximum absolute atomic E-state index is 11.6. The van der Waals surface area contributed by atoms with E-state index >= 15 is 0 Å². The van der Waals surface area contributed by atoms with Crippen LogP contribution in [0, 0.1) is 5.92 Å². The number of carbonyl (C=O) groups is 1. The van der Waals surface area contributed by atoms with Gasteiger partial charge in [0.15, 0.2) is 0 Å². The van der Waals surface area contributed by atoms with Crippen LogP contribution in [0.1, 0.15) is 32.1 Å². The standard InChI is InChI=1S/C12H19NOS/c1-4-9(2)12(14)13-10(3)8-11-6-5-7-15-11/h5-7,9-10H,4,8H2,1-3H3,(H,13,14)/t9-,10-/m1/s1. The van der Waals surface area contributed by atoms with Gasteiger partial charge in [-0.3, -0.25) is 4.79 Å². The molecule has 0 unspecified atom stereocenters. The lowest BCUT2D eigenvalue weighted by molar-refractivity contribution is -0.125. The van der Waals surface area contributed by atoms with Crippen molar-refractivity contribution in [2.75, 3.05) is 0 Å². The third-order valence-electron chi connectivity index (χ3n) is 2.54. The van der Waals surface area contributed by atoms with Crippen LogP contribution in [-0.4, -0.2) is 11.9 Å². The second-order valence-electron chi connectivity index (χ2n) is 4.00. The molecular weight excluding hydrogens is 206 g/mol. The van der Waals surface area contributed by atoms with Gasteiger partial charge in [-0.15, -0.1) is 11.3 Å². The number of hydrogen-bond donors (Lipinski definition) is 1. The molecule has 1 rings (SSSR count). The molecule has 0 bridgehead atoms. The minimum absolute atomic E-state index is 0.121. The maximum Gasteiger partial charge on any atom is 0.223 e. The molecule has 0 aromatic carbocycles. The van der Waals surface area contributed by atoms with Crippen LogP contribution in [-0.2, 0) is 11.2 Å². The van der Waals surface area contributed by atoms with Gasteiger partial charge in [0.05, 0.1) is 0 Å². The highest BCUT2D eigenvalue weighted by Crippen LogP contribution is 2.11. The molecule has 0 fully saturated rings. The van der Waals surface area contributed by atoms with Gasteiger partial charge in [-0.25, -0.2) is 0 Å². The quantitative estimate of drug-likeness (QED) is 0.820. The number of carbonyl (C=O) groups excluding carboxylic acids is 1. The van der Waals surface area contributed by atoms with E-state index in [0.717, 1.165) is 12.8 Å². The fraction of sp³-hybridized carbons (Fsp3) is 0.583. The van der Waals surface area contributed by atoms with Crippen LogP contribution in [0.15, 0.2) is 17.5 Å². The van der Waals surface area contributed by atoms with E-state index in [1.165, 1.54) is 4.88 Å². The first-order valence-corrected chi connectivity index (χ1v) is 6.34. The summed E-state index contributed by atoms with van der Waals surface area (Å²) in [4.78, 5) is 12.9. The monoisotopic (exact) mass is 225 g/mol. The van der Waals surface area contributed by atoms with Crippen LogP contribution < -0.4 is 5.32 Å². The lowest BCUT2D eigenvalue weighted by Crippen LogP contribution is -2.37. The van der Waals surface area contributed by atoms with Crippen molar-refractivity contribution in [2.24, 2.45) is 5.92 Å². The van der Waals surface area contributed by atoms with Gasteiger partial charge in [0, 0.05) is 23.3 Å². The van der Waals surface area contributed by atoms with Crippen LogP contribution in [0.5, 0.6) is 0 Å². The molecule has 0 aliphatic rings. The number of nitrogens with one attached hydrogen (secondary N) is 1. The summed E-state index contributed by atoms with van der Waals surface area (Å²) in [6, 6.07) is 4.38. The first kappa shape index (κ1) is 12.2. The van der Waals surface area contributed by atoms with Gasteiger partial charge in [0.25, 0.3) is 0 Å². The molecule has 0 aliphatic heterocycles. The molecular formula is C12H19NOS. The van der Waals surface area contributed by atoms with Crippen LogP contribution in [0.25, 0.3) is 0 Å². The van der Waals surface area contributed by atoms with Crippen molar-refractivity contribution in [1.29, 1.82) is 0 Å². The summed E-state index contributed by atoms with van der Waals surface area (Å²) in [5.74, 6) is 0.289. The molecule has 84 valence electrons. The Morgan fingerprint density at radius 1 is 1.53 bits per heavy atom. The van der Waals surface area contributed by atoms with Crippen molar-refractivity contribution < 1.29 is 4.79 Å². The highest BCUT2D eigenvalue weighted by Gasteiger charge is 2.13. The first-order chi connectivity index (χ1) is 7.13. The zero-order valence-corrected chi connectivity index (χ0v) is 10.4. The van der Waals surface area contributed by atoms with Gasteiger partial charge in [0.2, 0.25) is 5.91 Å². The molecule has 0 aliphatic carbocycles. The molecule has 2 atom stereocenters. The van der Waals surface area contributed by atoms with E-state index in [4.69, 9.17) is 0 Å². The van der Waals surface area contributed by atoms with Gasteiger partial charge in [-0.05, 0) is 24.8 Å². The van der Waals surface area contributed by atoms with Gasteiger partial charge in [-0.1, -0.05) is 19.9 Å². The van der Waals surface area contributed by atoms with E-state index in [9.17, 15) is 4.79 Å². The zero-order chi connectivity index (χ0) is 11.3. The summed E-state index contributed by atoms with van der Waals surface area (Å²) in [7, 11) is 0. The Labute approximate surface area is 95.7 Å². The molecule has 1 heterocycles. The van der Waals surface area contributed by atoms with Crippen molar-refractivity contribution in [2.45, 2.75) is 39.7 Å². The van der Waals surface area contributed by atoms with E-state index in [-0.39, 0.29) is 17.9 Å². The minimum atomic E-state index is 0.121. The molecule has 0 spiro atoms.